The summed E-state index contributed by atoms with van der Waals surface area (Å²) >= 11 is 0. The smallest absolute Gasteiger partial charge is 0.116 e. The van der Waals surface area contributed by atoms with Gasteiger partial charge in [0.05, 0.1) is 5.69 Å². The molecule has 19 heavy (non-hydrogen) atoms. The van der Waals surface area contributed by atoms with Gasteiger partial charge >= 0.3 is 0 Å². The SMILES string of the molecule is CC(C)n1nccc1-c1ccc2cc(O)ccc2c1. The fourth-order valence-electron chi connectivity index (χ4n) is 2.35. The molecule has 2 aromatic carbocycles. The summed E-state index contributed by atoms with van der Waals surface area (Å²) in [4.78, 5) is 0. The van der Waals surface area contributed by atoms with Crippen molar-refractivity contribution in [2.45, 2.75) is 19.9 Å². The van der Waals surface area contributed by atoms with Crippen LogP contribution in [0.2, 0.25) is 0 Å². The first-order chi connectivity index (χ1) is 9.15. The second-order valence-electron chi connectivity index (χ2n) is 5.00. The number of rotatable bonds is 2. The van der Waals surface area contributed by atoms with Gasteiger partial charge in [0.1, 0.15) is 5.75 Å². The largest absolute Gasteiger partial charge is 0.508 e. The highest BCUT2D eigenvalue weighted by molar-refractivity contribution is 5.87. The van der Waals surface area contributed by atoms with Crippen LogP contribution in [-0.4, -0.2) is 14.9 Å². The maximum atomic E-state index is 9.49. The predicted molar refractivity (Wildman–Crippen MR) is 77.2 cm³/mol. The van der Waals surface area contributed by atoms with Crippen molar-refractivity contribution in [2.75, 3.05) is 0 Å². The monoisotopic (exact) mass is 252 g/mol. The van der Waals surface area contributed by atoms with E-state index in [0.717, 1.165) is 22.0 Å². The van der Waals surface area contributed by atoms with Crippen LogP contribution in [0, 0.1) is 0 Å². The Bertz CT molecular complexity index is 728. The minimum absolute atomic E-state index is 0.299. The number of phenolic OH excluding ortho intramolecular Hbond substituents is 1. The first-order valence-corrected chi connectivity index (χ1v) is 6.42. The Morgan fingerprint density at radius 1 is 1.00 bits per heavy atom. The zero-order valence-electron chi connectivity index (χ0n) is 11.0. The summed E-state index contributed by atoms with van der Waals surface area (Å²) in [5, 5.41) is 16.0. The quantitative estimate of drug-likeness (QED) is 0.748. The molecule has 0 radical (unpaired) electrons. The summed E-state index contributed by atoms with van der Waals surface area (Å²) in [5.41, 5.74) is 2.26. The summed E-state index contributed by atoms with van der Waals surface area (Å²) in [6, 6.07) is 14.0. The molecule has 0 spiro atoms. The second-order valence-corrected chi connectivity index (χ2v) is 5.00. The summed E-state index contributed by atoms with van der Waals surface area (Å²) < 4.78 is 2.02. The zero-order valence-corrected chi connectivity index (χ0v) is 11.0. The molecule has 0 aliphatic heterocycles. The molecule has 1 N–H and O–H groups in total. The van der Waals surface area contributed by atoms with Crippen molar-refractivity contribution in [3.63, 3.8) is 0 Å². The number of nitrogens with zero attached hydrogens (tertiary/aromatic N) is 2. The number of phenols is 1. The molecule has 0 saturated heterocycles. The van der Waals surface area contributed by atoms with E-state index in [1.165, 1.54) is 0 Å². The van der Waals surface area contributed by atoms with Crippen LogP contribution in [0.1, 0.15) is 19.9 Å². The molecule has 0 fully saturated rings. The van der Waals surface area contributed by atoms with E-state index in [9.17, 15) is 5.11 Å². The van der Waals surface area contributed by atoms with E-state index in [-0.39, 0.29) is 0 Å². The first kappa shape index (κ1) is 11.8. The van der Waals surface area contributed by atoms with Gasteiger partial charge in [-0.3, -0.25) is 4.68 Å². The minimum atomic E-state index is 0.299. The van der Waals surface area contributed by atoms with Gasteiger partial charge in [-0.2, -0.15) is 5.10 Å². The van der Waals surface area contributed by atoms with Gasteiger partial charge in [-0.05, 0) is 48.9 Å². The maximum absolute atomic E-state index is 9.49. The third-order valence-electron chi connectivity index (χ3n) is 3.28. The number of aromatic nitrogens is 2. The zero-order chi connectivity index (χ0) is 13.4. The highest BCUT2D eigenvalue weighted by Gasteiger charge is 2.08. The molecule has 3 nitrogen and oxygen atoms in total. The predicted octanol–water partition coefficient (Wildman–Crippen LogP) is 3.99. The Kier molecular flexibility index (Phi) is 2.75. The Balaban J connectivity index is 2.15. The fourth-order valence-corrected chi connectivity index (χ4v) is 2.35. The molecule has 3 rings (SSSR count). The van der Waals surface area contributed by atoms with E-state index in [2.05, 4.69) is 31.1 Å². The van der Waals surface area contributed by atoms with Crippen LogP contribution >= 0.6 is 0 Å². The molecular formula is C16H16N2O. The molecule has 0 unspecified atom stereocenters. The Morgan fingerprint density at radius 3 is 2.53 bits per heavy atom. The molecule has 96 valence electrons. The number of aromatic hydroxyl groups is 1. The van der Waals surface area contributed by atoms with Crippen LogP contribution < -0.4 is 0 Å². The number of fused-ring (bicyclic) bond motifs is 1. The molecular weight excluding hydrogens is 236 g/mol. The minimum Gasteiger partial charge on any atom is -0.508 e. The lowest BCUT2D eigenvalue weighted by atomic mass is 10.0. The van der Waals surface area contributed by atoms with E-state index in [0.29, 0.717) is 11.8 Å². The van der Waals surface area contributed by atoms with Gasteiger partial charge in [-0.1, -0.05) is 18.2 Å². The average Bonchev–Trinajstić information content (AvgIpc) is 2.87. The van der Waals surface area contributed by atoms with Crippen molar-refractivity contribution >= 4 is 10.8 Å². The van der Waals surface area contributed by atoms with Gasteiger partial charge in [0, 0.05) is 17.8 Å². The first-order valence-electron chi connectivity index (χ1n) is 6.42. The molecule has 0 amide bonds. The Morgan fingerprint density at radius 2 is 1.74 bits per heavy atom. The van der Waals surface area contributed by atoms with Crippen LogP contribution in [-0.2, 0) is 0 Å². The molecule has 3 aromatic rings. The van der Waals surface area contributed by atoms with E-state index in [1.54, 1.807) is 12.1 Å². The van der Waals surface area contributed by atoms with Gasteiger partial charge < -0.3 is 5.11 Å². The molecule has 0 aliphatic carbocycles. The number of hydrogen-bond acceptors (Lipinski definition) is 2. The third-order valence-corrected chi connectivity index (χ3v) is 3.28. The van der Waals surface area contributed by atoms with Crippen molar-refractivity contribution in [1.29, 1.82) is 0 Å². The topological polar surface area (TPSA) is 38.0 Å². The van der Waals surface area contributed by atoms with Crippen LogP contribution in [0.4, 0.5) is 0 Å². The van der Waals surface area contributed by atoms with Gasteiger partial charge in [-0.25, -0.2) is 0 Å². The summed E-state index contributed by atoms with van der Waals surface area (Å²) in [5.74, 6) is 0.299. The summed E-state index contributed by atoms with van der Waals surface area (Å²) in [6.07, 6.45) is 1.83. The molecule has 1 heterocycles. The van der Waals surface area contributed by atoms with Crippen molar-refractivity contribution in [3.05, 3.63) is 48.7 Å². The van der Waals surface area contributed by atoms with Crippen LogP contribution in [0.15, 0.2) is 48.7 Å². The lowest BCUT2D eigenvalue weighted by Gasteiger charge is -2.11. The Hall–Kier alpha value is -2.29. The lowest BCUT2D eigenvalue weighted by Crippen LogP contribution is -2.04. The van der Waals surface area contributed by atoms with Crippen molar-refractivity contribution < 1.29 is 5.11 Å². The number of hydrogen-bond donors (Lipinski definition) is 1. The summed E-state index contributed by atoms with van der Waals surface area (Å²) in [6.45, 7) is 4.24. The highest BCUT2D eigenvalue weighted by atomic mass is 16.3. The maximum Gasteiger partial charge on any atom is 0.116 e. The second kappa shape index (κ2) is 4.43. The molecule has 0 atom stereocenters. The number of benzene rings is 2. The van der Waals surface area contributed by atoms with E-state index in [1.807, 2.05) is 29.1 Å². The highest BCUT2D eigenvalue weighted by Crippen LogP contribution is 2.27. The normalized spacial score (nSPS) is 11.3. The molecule has 3 heteroatoms. The molecule has 0 aliphatic rings. The van der Waals surface area contributed by atoms with E-state index in [4.69, 9.17) is 0 Å². The fraction of sp³-hybridized carbons (Fsp3) is 0.188. The standard InChI is InChI=1S/C16H16N2O/c1-11(2)18-16(7-8-17-18)14-4-3-13-10-15(19)6-5-12(13)9-14/h3-11,19H,1-2H3. The molecule has 1 aromatic heterocycles. The van der Waals surface area contributed by atoms with E-state index < -0.39 is 0 Å². The summed E-state index contributed by atoms with van der Waals surface area (Å²) in [7, 11) is 0. The molecule has 0 saturated carbocycles. The molecule has 0 bridgehead atoms. The average molecular weight is 252 g/mol. The van der Waals surface area contributed by atoms with Crippen molar-refractivity contribution in [3.8, 4) is 17.0 Å². The van der Waals surface area contributed by atoms with Crippen LogP contribution in [0.5, 0.6) is 5.75 Å². The lowest BCUT2D eigenvalue weighted by molar-refractivity contribution is 0.476. The van der Waals surface area contributed by atoms with Gasteiger partial charge in [-0.15, -0.1) is 0 Å². The third kappa shape index (κ3) is 2.08. The van der Waals surface area contributed by atoms with Crippen molar-refractivity contribution in [1.82, 2.24) is 9.78 Å². The van der Waals surface area contributed by atoms with Crippen LogP contribution in [0.25, 0.3) is 22.0 Å². The van der Waals surface area contributed by atoms with Crippen LogP contribution in [0.3, 0.4) is 0 Å². The van der Waals surface area contributed by atoms with E-state index >= 15 is 0 Å². The van der Waals surface area contributed by atoms with Gasteiger partial charge in [0.25, 0.3) is 0 Å². The van der Waals surface area contributed by atoms with Crippen molar-refractivity contribution in [2.24, 2.45) is 0 Å². The van der Waals surface area contributed by atoms with Gasteiger partial charge in [0.2, 0.25) is 0 Å². The Labute approximate surface area is 112 Å². The van der Waals surface area contributed by atoms with Gasteiger partial charge in [0.15, 0.2) is 0 Å².